The number of carbonyl (C=O) groups is 2. The summed E-state index contributed by atoms with van der Waals surface area (Å²) >= 11 is 2.22. The summed E-state index contributed by atoms with van der Waals surface area (Å²) in [5, 5.41) is 6.12. The van der Waals surface area contributed by atoms with Crippen LogP contribution >= 0.6 is 22.6 Å². The zero-order chi connectivity index (χ0) is 22.1. The molecule has 5 rings (SSSR count). The Balaban J connectivity index is 1.29. The fourth-order valence-corrected chi connectivity index (χ4v) is 4.41. The number of hydrogen-bond acceptors (Lipinski definition) is 3. The third-order valence-electron chi connectivity index (χ3n) is 5.48. The molecule has 156 valence electrons. The van der Waals surface area contributed by atoms with E-state index in [0.29, 0.717) is 12.1 Å². The van der Waals surface area contributed by atoms with Gasteiger partial charge in [-0.05, 0) is 63.9 Å². The second kappa shape index (κ2) is 8.55. The molecule has 0 saturated heterocycles. The van der Waals surface area contributed by atoms with Crippen molar-refractivity contribution in [1.82, 2.24) is 5.43 Å². The molecule has 0 aliphatic carbocycles. The van der Waals surface area contributed by atoms with Crippen LogP contribution in [-0.2, 0) is 6.54 Å². The lowest BCUT2D eigenvalue weighted by molar-refractivity contribution is 0.0953. The average Bonchev–Trinajstić information content (AvgIpc) is 3.09. The molecule has 5 nitrogen and oxygen atoms in total. The minimum absolute atomic E-state index is 0.00324. The van der Waals surface area contributed by atoms with Gasteiger partial charge in [0.2, 0.25) is 0 Å². The Morgan fingerprint density at radius 3 is 2.47 bits per heavy atom. The molecule has 0 unspecified atom stereocenters. The summed E-state index contributed by atoms with van der Waals surface area (Å²) in [6.07, 6.45) is 1.63. The highest BCUT2D eigenvalue weighted by Gasteiger charge is 2.29. The van der Waals surface area contributed by atoms with Crippen LogP contribution in [-0.4, -0.2) is 18.0 Å². The van der Waals surface area contributed by atoms with E-state index >= 15 is 0 Å². The molecule has 0 radical (unpaired) electrons. The number of hydrazone groups is 1. The van der Waals surface area contributed by atoms with Gasteiger partial charge < -0.3 is 4.90 Å². The second-order valence-electron chi connectivity index (χ2n) is 7.49. The van der Waals surface area contributed by atoms with Crippen LogP contribution in [0, 0.1) is 3.57 Å². The van der Waals surface area contributed by atoms with E-state index in [1.165, 1.54) is 0 Å². The number of nitrogens with zero attached hydrogens (tertiary/aromatic N) is 2. The lowest BCUT2D eigenvalue weighted by atomic mass is 10.1. The fourth-order valence-electron chi connectivity index (χ4n) is 3.89. The van der Waals surface area contributed by atoms with Crippen LogP contribution in [0.2, 0.25) is 0 Å². The number of carbonyl (C=O) groups excluding carboxylic acids is 2. The average molecular weight is 531 g/mol. The number of nitrogens with one attached hydrogen (secondary N) is 1. The molecule has 4 aromatic carbocycles. The van der Waals surface area contributed by atoms with Crippen molar-refractivity contribution in [2.45, 2.75) is 6.54 Å². The number of halogens is 1. The van der Waals surface area contributed by atoms with Crippen molar-refractivity contribution < 1.29 is 9.59 Å². The first-order valence-corrected chi connectivity index (χ1v) is 11.2. The van der Waals surface area contributed by atoms with Gasteiger partial charge in [0.05, 0.1) is 18.4 Å². The highest BCUT2D eigenvalue weighted by atomic mass is 127. The van der Waals surface area contributed by atoms with E-state index in [1.807, 2.05) is 72.8 Å². The Labute approximate surface area is 198 Å². The molecule has 6 heteroatoms. The van der Waals surface area contributed by atoms with E-state index in [4.69, 9.17) is 0 Å². The van der Waals surface area contributed by atoms with E-state index in [1.54, 1.807) is 23.2 Å². The maximum Gasteiger partial charge on any atom is 0.271 e. The topological polar surface area (TPSA) is 61.8 Å². The molecule has 0 fully saturated rings. The molecule has 1 aliphatic rings. The molecule has 2 amide bonds. The summed E-state index contributed by atoms with van der Waals surface area (Å²) in [6.45, 7) is 0.444. The lowest BCUT2D eigenvalue weighted by Gasteiger charge is -2.18. The number of hydrogen-bond donors (Lipinski definition) is 1. The Morgan fingerprint density at radius 1 is 0.938 bits per heavy atom. The van der Waals surface area contributed by atoms with Gasteiger partial charge in [-0.25, -0.2) is 5.43 Å². The van der Waals surface area contributed by atoms with Crippen molar-refractivity contribution in [1.29, 1.82) is 0 Å². The smallest absolute Gasteiger partial charge is 0.271 e. The standard InChI is InChI=1S/C26H18IN3O2/c27-22-9-2-1-5-20(22)15-28-29-25(31)19-13-11-17(12-14-19)16-30-23-10-4-7-18-6-3-8-21(24(18)23)26(30)32/h1-15H,16H2,(H,29,31)/b28-15+. The highest BCUT2D eigenvalue weighted by molar-refractivity contribution is 14.1. The van der Waals surface area contributed by atoms with E-state index in [0.717, 1.165) is 36.7 Å². The van der Waals surface area contributed by atoms with Gasteiger partial charge in [0.1, 0.15) is 0 Å². The van der Waals surface area contributed by atoms with Crippen LogP contribution in [0.5, 0.6) is 0 Å². The van der Waals surface area contributed by atoms with Crippen LogP contribution in [0.15, 0.2) is 90.0 Å². The Morgan fingerprint density at radius 2 is 1.69 bits per heavy atom. The third kappa shape index (κ3) is 3.78. The van der Waals surface area contributed by atoms with Crippen LogP contribution in [0.3, 0.4) is 0 Å². The van der Waals surface area contributed by atoms with Crippen molar-refractivity contribution >= 4 is 57.1 Å². The van der Waals surface area contributed by atoms with E-state index < -0.39 is 0 Å². The molecule has 0 aromatic heterocycles. The maximum absolute atomic E-state index is 13.0. The minimum Gasteiger partial charge on any atom is -0.303 e. The fraction of sp³-hybridized carbons (Fsp3) is 0.0385. The zero-order valence-electron chi connectivity index (χ0n) is 17.0. The highest BCUT2D eigenvalue weighted by Crippen LogP contribution is 2.37. The Bertz CT molecular complexity index is 1370. The summed E-state index contributed by atoms with van der Waals surface area (Å²) in [6, 6.07) is 26.8. The lowest BCUT2D eigenvalue weighted by Crippen LogP contribution is -2.26. The summed E-state index contributed by atoms with van der Waals surface area (Å²) in [5.74, 6) is -0.281. The van der Waals surface area contributed by atoms with Gasteiger partial charge in [0.25, 0.3) is 11.8 Å². The van der Waals surface area contributed by atoms with Crippen LogP contribution in [0.4, 0.5) is 5.69 Å². The van der Waals surface area contributed by atoms with Gasteiger partial charge in [-0.15, -0.1) is 0 Å². The third-order valence-corrected chi connectivity index (χ3v) is 6.46. The second-order valence-corrected chi connectivity index (χ2v) is 8.65. The molecule has 0 spiro atoms. The van der Waals surface area contributed by atoms with Crippen molar-refractivity contribution in [2.75, 3.05) is 4.90 Å². The number of rotatable bonds is 5. The number of amides is 2. The zero-order valence-corrected chi connectivity index (χ0v) is 19.1. The van der Waals surface area contributed by atoms with E-state index in [9.17, 15) is 9.59 Å². The molecule has 1 N–H and O–H groups in total. The first-order chi connectivity index (χ1) is 15.6. The van der Waals surface area contributed by atoms with Crippen molar-refractivity contribution in [2.24, 2.45) is 5.10 Å². The van der Waals surface area contributed by atoms with E-state index in [-0.39, 0.29) is 11.8 Å². The normalized spacial score (nSPS) is 12.7. The number of anilines is 1. The Kier molecular flexibility index (Phi) is 5.45. The van der Waals surface area contributed by atoms with Gasteiger partial charge in [0.15, 0.2) is 0 Å². The summed E-state index contributed by atoms with van der Waals surface area (Å²) in [7, 11) is 0. The van der Waals surface area contributed by atoms with Crippen molar-refractivity contribution in [3.05, 3.63) is 111 Å². The predicted molar refractivity (Wildman–Crippen MR) is 135 cm³/mol. The Hall–Kier alpha value is -3.52. The maximum atomic E-state index is 13.0. The summed E-state index contributed by atoms with van der Waals surface area (Å²) < 4.78 is 1.06. The van der Waals surface area contributed by atoms with Crippen LogP contribution in [0.25, 0.3) is 10.8 Å². The molecule has 32 heavy (non-hydrogen) atoms. The quantitative estimate of drug-likeness (QED) is 0.214. The molecule has 4 aromatic rings. The monoisotopic (exact) mass is 531 g/mol. The van der Waals surface area contributed by atoms with Crippen LogP contribution < -0.4 is 10.3 Å². The molecule has 1 heterocycles. The summed E-state index contributed by atoms with van der Waals surface area (Å²) in [4.78, 5) is 27.2. The van der Waals surface area contributed by atoms with Gasteiger partial charge in [-0.2, -0.15) is 5.10 Å². The van der Waals surface area contributed by atoms with Gasteiger partial charge in [0, 0.05) is 25.6 Å². The summed E-state index contributed by atoms with van der Waals surface area (Å²) in [5.41, 5.74) is 6.62. The first-order valence-electron chi connectivity index (χ1n) is 10.1. The molecular formula is C26H18IN3O2. The molecular weight excluding hydrogens is 513 g/mol. The van der Waals surface area contributed by atoms with Gasteiger partial charge in [-0.1, -0.05) is 54.6 Å². The first kappa shape index (κ1) is 20.4. The SMILES string of the molecule is O=C(N/N=C/c1ccccc1I)c1ccc(CN2C(=O)c3cccc4cccc2c34)cc1. The molecule has 1 aliphatic heterocycles. The predicted octanol–water partition coefficient (Wildman–Crippen LogP) is 5.37. The number of benzene rings is 4. The molecule has 0 atom stereocenters. The van der Waals surface area contributed by atoms with Crippen molar-refractivity contribution in [3.63, 3.8) is 0 Å². The van der Waals surface area contributed by atoms with Gasteiger partial charge in [-0.3, -0.25) is 9.59 Å². The van der Waals surface area contributed by atoms with E-state index in [2.05, 4.69) is 33.1 Å². The van der Waals surface area contributed by atoms with Crippen molar-refractivity contribution in [3.8, 4) is 0 Å². The van der Waals surface area contributed by atoms with Crippen LogP contribution in [0.1, 0.15) is 31.8 Å². The van der Waals surface area contributed by atoms with Gasteiger partial charge >= 0.3 is 0 Å². The minimum atomic E-state index is -0.284. The molecule has 0 bridgehead atoms. The molecule has 0 saturated carbocycles. The largest absolute Gasteiger partial charge is 0.303 e.